The minimum atomic E-state index is 0.0850. The van der Waals surface area contributed by atoms with E-state index >= 15 is 0 Å². The predicted molar refractivity (Wildman–Crippen MR) is 85.4 cm³/mol. The Bertz CT molecular complexity index is 690. The molecule has 1 unspecified atom stereocenters. The van der Waals surface area contributed by atoms with Crippen LogP contribution in [0.1, 0.15) is 39.7 Å². The van der Waals surface area contributed by atoms with Crippen LogP contribution in [0.4, 0.5) is 5.69 Å². The molecule has 21 heavy (non-hydrogen) atoms. The van der Waals surface area contributed by atoms with Gasteiger partial charge in [-0.15, -0.1) is 11.3 Å². The second-order valence-corrected chi connectivity index (χ2v) is 6.92. The third-order valence-electron chi connectivity index (χ3n) is 4.53. The second kappa shape index (κ2) is 4.88. The van der Waals surface area contributed by atoms with Crippen LogP contribution in [0.3, 0.4) is 0 Å². The molecular formula is C17H18N2OS. The molecule has 108 valence electrons. The Balaban J connectivity index is 1.71. The molecule has 0 spiro atoms. The van der Waals surface area contributed by atoms with Crippen LogP contribution in [0, 0.1) is 5.92 Å². The summed E-state index contributed by atoms with van der Waals surface area (Å²) in [6, 6.07) is 9.86. The average molecular weight is 298 g/mol. The molecule has 1 fully saturated rings. The van der Waals surface area contributed by atoms with Crippen LogP contribution < -0.4 is 5.73 Å². The molecule has 2 aromatic rings. The number of hydrogen-bond donors (Lipinski definition) is 1. The van der Waals surface area contributed by atoms with Gasteiger partial charge in [0.25, 0.3) is 5.91 Å². The fourth-order valence-electron chi connectivity index (χ4n) is 3.34. The summed E-state index contributed by atoms with van der Waals surface area (Å²) in [5.41, 5.74) is 8.58. The third-order valence-corrected chi connectivity index (χ3v) is 5.53. The molecule has 2 aliphatic rings. The molecule has 1 aliphatic heterocycles. The Morgan fingerprint density at radius 1 is 1.24 bits per heavy atom. The van der Waals surface area contributed by atoms with Crippen LogP contribution in [0.15, 0.2) is 35.7 Å². The molecule has 1 aromatic carbocycles. The van der Waals surface area contributed by atoms with Crippen molar-refractivity contribution >= 4 is 22.9 Å². The fraction of sp³-hybridized carbons (Fsp3) is 0.353. The van der Waals surface area contributed by atoms with Crippen LogP contribution in [0.25, 0.3) is 0 Å². The number of hydrogen-bond acceptors (Lipinski definition) is 3. The van der Waals surface area contributed by atoms with E-state index in [1.165, 1.54) is 23.3 Å². The molecule has 4 heteroatoms. The first-order valence-corrected chi connectivity index (χ1v) is 8.35. The van der Waals surface area contributed by atoms with Crippen LogP contribution in [-0.4, -0.2) is 17.4 Å². The summed E-state index contributed by atoms with van der Waals surface area (Å²) in [6.45, 7) is 0.807. The summed E-state index contributed by atoms with van der Waals surface area (Å²) in [6.07, 6.45) is 3.43. The van der Waals surface area contributed by atoms with Crippen molar-refractivity contribution in [3.8, 4) is 0 Å². The van der Waals surface area contributed by atoms with Gasteiger partial charge in [-0.05, 0) is 54.3 Å². The number of anilines is 1. The summed E-state index contributed by atoms with van der Waals surface area (Å²) in [5, 5.41) is 2.16. The van der Waals surface area contributed by atoms with Crippen LogP contribution in [0.2, 0.25) is 0 Å². The van der Waals surface area contributed by atoms with Gasteiger partial charge < -0.3 is 10.6 Å². The molecule has 1 aromatic heterocycles. The maximum atomic E-state index is 12.9. The summed E-state index contributed by atoms with van der Waals surface area (Å²) in [7, 11) is 0. The summed E-state index contributed by atoms with van der Waals surface area (Å²) in [4.78, 5) is 16.5. The molecule has 0 saturated heterocycles. The van der Waals surface area contributed by atoms with Gasteiger partial charge in [0.05, 0.1) is 11.6 Å². The minimum absolute atomic E-state index is 0.0850. The molecule has 1 amide bonds. The van der Waals surface area contributed by atoms with Gasteiger partial charge in [-0.3, -0.25) is 4.79 Å². The molecule has 1 aliphatic carbocycles. The van der Waals surface area contributed by atoms with E-state index in [4.69, 9.17) is 5.73 Å². The number of nitrogens with zero attached hydrogens (tertiary/aromatic N) is 1. The maximum absolute atomic E-state index is 12.9. The molecule has 3 nitrogen and oxygen atoms in total. The highest BCUT2D eigenvalue weighted by atomic mass is 32.1. The zero-order valence-electron chi connectivity index (χ0n) is 11.8. The molecule has 1 saturated carbocycles. The van der Waals surface area contributed by atoms with E-state index in [0.29, 0.717) is 17.2 Å². The van der Waals surface area contributed by atoms with E-state index in [2.05, 4.69) is 16.3 Å². The summed E-state index contributed by atoms with van der Waals surface area (Å²) >= 11 is 1.82. The Hall–Kier alpha value is -1.81. The van der Waals surface area contributed by atoms with Crippen LogP contribution in [-0.2, 0) is 6.42 Å². The third kappa shape index (κ3) is 2.14. The van der Waals surface area contributed by atoms with Gasteiger partial charge >= 0.3 is 0 Å². The first kappa shape index (κ1) is 12.9. The highest BCUT2D eigenvalue weighted by molar-refractivity contribution is 7.10. The van der Waals surface area contributed by atoms with Crippen molar-refractivity contribution in [2.75, 3.05) is 12.3 Å². The average Bonchev–Trinajstić information content (AvgIpc) is 3.22. The lowest BCUT2D eigenvalue weighted by molar-refractivity contribution is 0.0638. The Morgan fingerprint density at radius 2 is 2.05 bits per heavy atom. The number of para-hydroxylation sites is 1. The first-order valence-electron chi connectivity index (χ1n) is 7.47. The van der Waals surface area contributed by atoms with E-state index < -0.39 is 0 Å². The molecule has 2 heterocycles. The smallest absolute Gasteiger partial charge is 0.256 e. The SMILES string of the molecule is Nc1ccccc1C(=O)N1CCc2sccc2C1C1CC1. The largest absolute Gasteiger partial charge is 0.398 e. The lowest BCUT2D eigenvalue weighted by atomic mass is 9.95. The van der Waals surface area contributed by atoms with Gasteiger partial charge in [0.2, 0.25) is 0 Å². The topological polar surface area (TPSA) is 46.3 Å². The molecule has 0 bridgehead atoms. The lowest BCUT2D eigenvalue weighted by Gasteiger charge is -2.36. The first-order chi connectivity index (χ1) is 10.3. The standard InChI is InChI=1S/C17H18N2OS/c18-14-4-2-1-3-12(14)17(20)19-9-7-15-13(8-10-21-15)16(19)11-5-6-11/h1-4,8,10-11,16H,5-7,9,18H2. The van der Waals surface area contributed by atoms with E-state index in [1.54, 1.807) is 6.07 Å². The highest BCUT2D eigenvalue weighted by Gasteiger charge is 2.42. The molecule has 1 atom stereocenters. The number of amides is 1. The van der Waals surface area contributed by atoms with Gasteiger partial charge in [-0.25, -0.2) is 0 Å². The lowest BCUT2D eigenvalue weighted by Crippen LogP contribution is -2.40. The van der Waals surface area contributed by atoms with E-state index in [-0.39, 0.29) is 11.9 Å². The number of benzene rings is 1. The Labute approximate surface area is 128 Å². The number of carbonyl (C=O) groups is 1. The number of nitrogen functional groups attached to an aromatic ring is 1. The number of nitrogens with two attached hydrogens (primary N) is 1. The fourth-order valence-corrected chi connectivity index (χ4v) is 4.25. The second-order valence-electron chi connectivity index (χ2n) is 5.92. The number of fused-ring (bicyclic) bond motifs is 1. The van der Waals surface area contributed by atoms with Crippen molar-refractivity contribution in [1.82, 2.24) is 4.90 Å². The van der Waals surface area contributed by atoms with Crippen molar-refractivity contribution in [2.24, 2.45) is 5.92 Å². The maximum Gasteiger partial charge on any atom is 0.256 e. The minimum Gasteiger partial charge on any atom is -0.398 e. The molecule has 4 rings (SSSR count). The van der Waals surface area contributed by atoms with E-state index in [1.807, 2.05) is 29.5 Å². The quantitative estimate of drug-likeness (QED) is 0.863. The molecular weight excluding hydrogens is 280 g/mol. The van der Waals surface area contributed by atoms with Crippen molar-refractivity contribution in [3.63, 3.8) is 0 Å². The van der Waals surface area contributed by atoms with Crippen molar-refractivity contribution in [3.05, 3.63) is 51.7 Å². The van der Waals surface area contributed by atoms with Gasteiger partial charge in [0.1, 0.15) is 0 Å². The normalized spacial score (nSPS) is 21.1. The zero-order valence-corrected chi connectivity index (χ0v) is 12.6. The summed E-state index contributed by atoms with van der Waals surface area (Å²) < 4.78 is 0. The molecule has 0 radical (unpaired) electrons. The van der Waals surface area contributed by atoms with Gasteiger partial charge in [-0.2, -0.15) is 0 Å². The summed E-state index contributed by atoms with van der Waals surface area (Å²) in [5.74, 6) is 0.717. The van der Waals surface area contributed by atoms with Crippen molar-refractivity contribution in [1.29, 1.82) is 0 Å². The molecule has 2 N–H and O–H groups in total. The monoisotopic (exact) mass is 298 g/mol. The highest BCUT2D eigenvalue weighted by Crippen LogP contribution is 2.48. The number of thiophene rings is 1. The number of rotatable bonds is 2. The number of carbonyl (C=O) groups excluding carboxylic acids is 1. The van der Waals surface area contributed by atoms with E-state index in [0.717, 1.165) is 13.0 Å². The van der Waals surface area contributed by atoms with Gasteiger partial charge in [-0.1, -0.05) is 12.1 Å². The van der Waals surface area contributed by atoms with Crippen molar-refractivity contribution < 1.29 is 4.79 Å². The van der Waals surface area contributed by atoms with Crippen molar-refractivity contribution in [2.45, 2.75) is 25.3 Å². The van der Waals surface area contributed by atoms with E-state index in [9.17, 15) is 4.79 Å². The zero-order chi connectivity index (χ0) is 14.4. The predicted octanol–water partition coefficient (Wildman–Crippen LogP) is 3.48. The van der Waals surface area contributed by atoms with Crippen LogP contribution >= 0.6 is 11.3 Å². The van der Waals surface area contributed by atoms with Gasteiger partial charge in [0.15, 0.2) is 0 Å². The van der Waals surface area contributed by atoms with Gasteiger partial charge in [0, 0.05) is 17.1 Å². The van der Waals surface area contributed by atoms with Crippen LogP contribution in [0.5, 0.6) is 0 Å². The Morgan fingerprint density at radius 3 is 2.81 bits per heavy atom. The Kier molecular flexibility index (Phi) is 3.00.